The third-order valence-electron chi connectivity index (χ3n) is 1.92. The zero-order valence-electron chi connectivity index (χ0n) is 9.47. The topological polar surface area (TPSA) is 75.3 Å². The van der Waals surface area contributed by atoms with E-state index in [1.807, 2.05) is 20.8 Å². The largest absolute Gasteiger partial charge is 0.478 e. The molecular weight excluding hydrogens is 211 g/mol. The number of benzene rings is 1. The predicted octanol–water partition coefficient (Wildman–Crippen LogP) is 2.32. The lowest BCUT2D eigenvalue weighted by Crippen LogP contribution is -2.27. The lowest BCUT2D eigenvalue weighted by molar-refractivity contribution is 0.0698. The SMILES string of the molecule is CC(C)(C)Nc1ccc(F)c(N)c1C(=O)O. The molecule has 0 aromatic heterocycles. The van der Waals surface area contributed by atoms with Crippen LogP contribution in [0, 0.1) is 5.82 Å². The Morgan fingerprint density at radius 3 is 2.44 bits per heavy atom. The molecule has 0 bridgehead atoms. The van der Waals surface area contributed by atoms with Crippen molar-refractivity contribution < 1.29 is 14.3 Å². The third kappa shape index (κ3) is 2.62. The van der Waals surface area contributed by atoms with Crippen LogP contribution in [0.2, 0.25) is 0 Å². The van der Waals surface area contributed by atoms with E-state index in [2.05, 4.69) is 5.32 Å². The first-order valence-electron chi connectivity index (χ1n) is 4.82. The molecule has 0 aliphatic rings. The summed E-state index contributed by atoms with van der Waals surface area (Å²) in [5.41, 5.74) is 4.83. The highest BCUT2D eigenvalue weighted by Crippen LogP contribution is 2.27. The lowest BCUT2D eigenvalue weighted by atomic mass is 10.0. The third-order valence-corrected chi connectivity index (χ3v) is 1.92. The minimum atomic E-state index is -1.25. The standard InChI is InChI=1S/C11H15FN2O2/c1-11(2,3)14-7-5-4-6(12)9(13)8(7)10(15)16/h4-5,14H,13H2,1-3H3,(H,15,16). The monoisotopic (exact) mass is 226 g/mol. The fourth-order valence-electron chi connectivity index (χ4n) is 1.33. The van der Waals surface area contributed by atoms with Crippen molar-refractivity contribution in [3.63, 3.8) is 0 Å². The number of nitrogens with two attached hydrogens (primary N) is 1. The number of carbonyl (C=O) groups is 1. The van der Waals surface area contributed by atoms with Crippen LogP contribution in [0.5, 0.6) is 0 Å². The van der Waals surface area contributed by atoms with Crippen LogP contribution in [-0.4, -0.2) is 16.6 Å². The average molecular weight is 226 g/mol. The summed E-state index contributed by atoms with van der Waals surface area (Å²) >= 11 is 0. The van der Waals surface area contributed by atoms with Gasteiger partial charge in [0.1, 0.15) is 11.4 Å². The zero-order chi connectivity index (χ0) is 12.5. The van der Waals surface area contributed by atoms with Crippen molar-refractivity contribution in [3.8, 4) is 0 Å². The summed E-state index contributed by atoms with van der Waals surface area (Å²) < 4.78 is 13.1. The first-order chi connectivity index (χ1) is 7.22. The Bertz CT molecular complexity index is 425. The molecule has 0 amide bonds. The second-order valence-corrected chi connectivity index (χ2v) is 4.56. The normalized spacial score (nSPS) is 11.2. The first-order valence-corrected chi connectivity index (χ1v) is 4.82. The van der Waals surface area contributed by atoms with Crippen LogP contribution in [-0.2, 0) is 0 Å². The van der Waals surface area contributed by atoms with E-state index in [0.29, 0.717) is 5.69 Å². The Hall–Kier alpha value is -1.78. The minimum Gasteiger partial charge on any atom is -0.478 e. The van der Waals surface area contributed by atoms with Gasteiger partial charge in [-0.15, -0.1) is 0 Å². The highest BCUT2D eigenvalue weighted by Gasteiger charge is 2.20. The van der Waals surface area contributed by atoms with Crippen LogP contribution in [0.1, 0.15) is 31.1 Å². The van der Waals surface area contributed by atoms with E-state index in [1.165, 1.54) is 6.07 Å². The van der Waals surface area contributed by atoms with Crippen LogP contribution in [0.4, 0.5) is 15.8 Å². The molecule has 1 aromatic carbocycles. The van der Waals surface area contributed by atoms with Gasteiger partial charge in [-0.05, 0) is 32.9 Å². The van der Waals surface area contributed by atoms with Crippen molar-refractivity contribution in [1.29, 1.82) is 0 Å². The van der Waals surface area contributed by atoms with Gasteiger partial charge in [0.15, 0.2) is 0 Å². The number of rotatable bonds is 2. The van der Waals surface area contributed by atoms with Crippen molar-refractivity contribution in [3.05, 3.63) is 23.5 Å². The van der Waals surface area contributed by atoms with E-state index in [9.17, 15) is 9.18 Å². The van der Waals surface area contributed by atoms with Gasteiger partial charge in [0.25, 0.3) is 0 Å². The molecule has 4 nitrogen and oxygen atoms in total. The molecule has 0 heterocycles. The average Bonchev–Trinajstić information content (AvgIpc) is 2.08. The smallest absolute Gasteiger partial charge is 0.340 e. The number of nitrogen functional groups attached to an aromatic ring is 1. The molecule has 0 radical (unpaired) electrons. The fraction of sp³-hybridized carbons (Fsp3) is 0.364. The van der Waals surface area contributed by atoms with Gasteiger partial charge in [0.05, 0.1) is 11.4 Å². The van der Waals surface area contributed by atoms with Crippen LogP contribution in [0.25, 0.3) is 0 Å². The lowest BCUT2D eigenvalue weighted by Gasteiger charge is -2.23. The van der Waals surface area contributed by atoms with E-state index < -0.39 is 11.8 Å². The molecule has 5 heteroatoms. The van der Waals surface area contributed by atoms with Crippen molar-refractivity contribution >= 4 is 17.3 Å². The minimum absolute atomic E-state index is 0.227. The molecule has 0 unspecified atom stereocenters. The molecule has 1 rings (SSSR count). The second-order valence-electron chi connectivity index (χ2n) is 4.56. The van der Waals surface area contributed by atoms with Gasteiger partial charge < -0.3 is 16.2 Å². The van der Waals surface area contributed by atoms with Crippen molar-refractivity contribution in [1.82, 2.24) is 0 Å². The maximum absolute atomic E-state index is 13.1. The summed E-state index contributed by atoms with van der Waals surface area (Å²) in [6.07, 6.45) is 0. The number of carboxylic acids is 1. The summed E-state index contributed by atoms with van der Waals surface area (Å²) in [6, 6.07) is 2.52. The van der Waals surface area contributed by atoms with E-state index >= 15 is 0 Å². The van der Waals surface area contributed by atoms with Gasteiger partial charge in [-0.25, -0.2) is 9.18 Å². The Labute approximate surface area is 93.3 Å². The molecule has 16 heavy (non-hydrogen) atoms. The van der Waals surface area contributed by atoms with Crippen LogP contribution in [0.15, 0.2) is 12.1 Å². The number of halogens is 1. The second kappa shape index (κ2) is 4.00. The van der Waals surface area contributed by atoms with Gasteiger partial charge in [0, 0.05) is 5.54 Å². The molecule has 0 aliphatic carbocycles. The Balaban J connectivity index is 3.29. The van der Waals surface area contributed by atoms with Crippen LogP contribution < -0.4 is 11.1 Å². The summed E-state index contributed by atoms with van der Waals surface area (Å²) in [6.45, 7) is 5.62. The molecule has 4 N–H and O–H groups in total. The van der Waals surface area contributed by atoms with Crippen LogP contribution in [0.3, 0.4) is 0 Å². The van der Waals surface area contributed by atoms with E-state index in [1.54, 1.807) is 0 Å². The van der Waals surface area contributed by atoms with Gasteiger partial charge in [-0.3, -0.25) is 0 Å². The van der Waals surface area contributed by atoms with Crippen LogP contribution >= 0.6 is 0 Å². The van der Waals surface area contributed by atoms with E-state index in [0.717, 1.165) is 6.07 Å². The van der Waals surface area contributed by atoms with Crippen molar-refractivity contribution in [2.75, 3.05) is 11.1 Å². The maximum Gasteiger partial charge on any atom is 0.340 e. The highest BCUT2D eigenvalue weighted by atomic mass is 19.1. The maximum atomic E-state index is 13.1. The van der Waals surface area contributed by atoms with Gasteiger partial charge in [-0.2, -0.15) is 0 Å². The quantitative estimate of drug-likeness (QED) is 0.676. The molecule has 88 valence electrons. The Morgan fingerprint density at radius 1 is 1.44 bits per heavy atom. The van der Waals surface area contributed by atoms with Crippen molar-refractivity contribution in [2.45, 2.75) is 26.3 Å². The van der Waals surface area contributed by atoms with E-state index in [4.69, 9.17) is 10.8 Å². The summed E-state index contributed by atoms with van der Waals surface area (Å²) in [5, 5.41) is 12.0. The molecule has 1 aromatic rings. The number of aromatic carboxylic acids is 1. The highest BCUT2D eigenvalue weighted by molar-refractivity contribution is 6.00. The Morgan fingerprint density at radius 2 is 2.00 bits per heavy atom. The summed E-state index contributed by atoms with van der Waals surface area (Å²) in [5.74, 6) is -1.97. The summed E-state index contributed by atoms with van der Waals surface area (Å²) in [4.78, 5) is 11.0. The molecular formula is C11H15FN2O2. The number of anilines is 2. The number of hydrogen-bond acceptors (Lipinski definition) is 3. The van der Waals surface area contributed by atoms with Gasteiger partial charge in [0.2, 0.25) is 0 Å². The fourth-order valence-corrected chi connectivity index (χ4v) is 1.33. The zero-order valence-corrected chi connectivity index (χ0v) is 9.47. The van der Waals surface area contributed by atoms with Crippen molar-refractivity contribution in [2.24, 2.45) is 0 Å². The molecule has 0 atom stereocenters. The predicted molar refractivity (Wildman–Crippen MR) is 61.1 cm³/mol. The summed E-state index contributed by atoms with van der Waals surface area (Å²) in [7, 11) is 0. The Kier molecular flexibility index (Phi) is 3.07. The molecule has 0 saturated heterocycles. The van der Waals surface area contributed by atoms with E-state index in [-0.39, 0.29) is 16.8 Å². The van der Waals surface area contributed by atoms with Gasteiger partial charge >= 0.3 is 5.97 Å². The molecule has 0 fully saturated rings. The van der Waals surface area contributed by atoms with Gasteiger partial charge in [-0.1, -0.05) is 0 Å². The molecule has 0 spiro atoms. The number of nitrogens with one attached hydrogen (secondary N) is 1. The molecule has 0 aliphatic heterocycles. The molecule has 0 saturated carbocycles. The first kappa shape index (κ1) is 12.3. The number of hydrogen-bond donors (Lipinski definition) is 3. The number of carboxylic acid groups (broad SMARTS) is 1.